The molecule has 7 heteroatoms. The van der Waals surface area contributed by atoms with Crippen LogP contribution in [0.4, 0.5) is 0 Å². The molecule has 78 heavy (non-hydrogen) atoms. The standard InChI is InChI=1S/C71H53N5O2/c1-75-66-23-13-11-21-59(66)68-62(70(75)77)40-48(43-73-68)27-25-46-37-47(26-28-49-41-63-69(74-44-49)60-22-12-14-24-67(60)76(2)71(63)78)39-56(38-46)57-19-9-10-20-58(57)64-45-72-65(55-17-7-4-8-18-55)42-61(64)54-35-33-53(34-36-54)52-31-29-51(30-32-52)50-15-5-3-6-16-50/h3-24,29-45H,25-28H2,1-2H3. The topological polar surface area (TPSA) is 82.7 Å². The van der Waals surface area contributed by atoms with Crippen LogP contribution in [0.25, 0.3) is 111 Å². The summed E-state index contributed by atoms with van der Waals surface area (Å²) in [6.07, 6.45) is 8.73. The summed E-state index contributed by atoms with van der Waals surface area (Å²) in [7, 11) is 3.66. The fraction of sp³-hybridized carbons (Fsp3) is 0.0845. The lowest BCUT2D eigenvalue weighted by Crippen LogP contribution is -2.18. The van der Waals surface area contributed by atoms with Gasteiger partial charge in [-0.3, -0.25) is 24.5 Å². The highest BCUT2D eigenvalue weighted by Gasteiger charge is 2.18. The minimum Gasteiger partial charge on any atom is -0.311 e. The van der Waals surface area contributed by atoms with E-state index in [4.69, 9.17) is 15.0 Å². The van der Waals surface area contributed by atoms with Crippen molar-refractivity contribution in [2.24, 2.45) is 14.1 Å². The summed E-state index contributed by atoms with van der Waals surface area (Å²) >= 11 is 0. The highest BCUT2D eigenvalue weighted by atomic mass is 16.1. The van der Waals surface area contributed by atoms with Crippen LogP contribution in [0.2, 0.25) is 0 Å². The lowest BCUT2D eigenvalue weighted by molar-refractivity contribution is 0.909. The number of rotatable bonds is 12. The molecule has 0 radical (unpaired) electrons. The van der Waals surface area contributed by atoms with E-state index < -0.39 is 0 Å². The van der Waals surface area contributed by atoms with E-state index in [1.165, 1.54) is 22.3 Å². The average Bonchev–Trinajstić information content (AvgIpc) is 3.51. The molecule has 0 fully saturated rings. The highest BCUT2D eigenvalue weighted by Crippen LogP contribution is 2.41. The van der Waals surface area contributed by atoms with Crippen molar-refractivity contribution in [2.75, 3.05) is 0 Å². The van der Waals surface area contributed by atoms with Gasteiger partial charge in [-0.05, 0) is 128 Å². The summed E-state index contributed by atoms with van der Waals surface area (Å²) in [4.78, 5) is 42.4. The maximum atomic E-state index is 13.7. The summed E-state index contributed by atoms with van der Waals surface area (Å²) in [6, 6.07) is 76.3. The number of hydrogen-bond acceptors (Lipinski definition) is 5. The molecule has 0 atom stereocenters. The maximum absolute atomic E-state index is 13.7. The van der Waals surface area contributed by atoms with E-state index in [0.29, 0.717) is 23.6 Å². The third-order valence-electron chi connectivity index (χ3n) is 15.5. The second-order valence-electron chi connectivity index (χ2n) is 20.3. The fourth-order valence-corrected chi connectivity index (χ4v) is 11.3. The largest absolute Gasteiger partial charge is 0.311 e. The van der Waals surface area contributed by atoms with Crippen LogP contribution in [-0.2, 0) is 39.8 Å². The van der Waals surface area contributed by atoms with Gasteiger partial charge >= 0.3 is 0 Å². The zero-order valence-corrected chi connectivity index (χ0v) is 43.4. The van der Waals surface area contributed by atoms with Crippen molar-refractivity contribution < 1.29 is 0 Å². The first-order chi connectivity index (χ1) is 38.3. The van der Waals surface area contributed by atoms with Crippen LogP contribution in [0, 0.1) is 0 Å². The van der Waals surface area contributed by atoms with Crippen LogP contribution in [0.1, 0.15) is 22.3 Å². The van der Waals surface area contributed by atoms with E-state index in [0.717, 1.165) is 113 Å². The quantitative estimate of drug-likeness (QED) is 0.114. The Morgan fingerprint density at radius 1 is 0.308 bits per heavy atom. The van der Waals surface area contributed by atoms with Gasteiger partial charge in [-0.1, -0.05) is 188 Å². The molecule has 7 nitrogen and oxygen atoms in total. The van der Waals surface area contributed by atoms with E-state index in [1.54, 1.807) is 9.13 Å². The molecule has 0 amide bonds. The van der Waals surface area contributed by atoms with Gasteiger partial charge in [0.25, 0.3) is 11.1 Å². The van der Waals surface area contributed by atoms with Crippen LogP contribution < -0.4 is 11.1 Å². The monoisotopic (exact) mass is 1010 g/mol. The lowest BCUT2D eigenvalue weighted by Gasteiger charge is -2.18. The minimum atomic E-state index is -0.0522. The fourth-order valence-electron chi connectivity index (χ4n) is 11.3. The van der Waals surface area contributed by atoms with Crippen LogP contribution in [0.3, 0.4) is 0 Å². The summed E-state index contributed by atoms with van der Waals surface area (Å²) in [5.74, 6) is 0. The van der Waals surface area contributed by atoms with Crippen molar-refractivity contribution in [2.45, 2.75) is 25.7 Å². The van der Waals surface area contributed by atoms with Gasteiger partial charge in [-0.2, -0.15) is 0 Å². The van der Waals surface area contributed by atoms with Gasteiger partial charge in [-0.25, -0.2) is 0 Å². The van der Waals surface area contributed by atoms with E-state index in [2.05, 4.69) is 146 Å². The lowest BCUT2D eigenvalue weighted by atomic mass is 9.87. The smallest absolute Gasteiger partial charge is 0.260 e. The minimum absolute atomic E-state index is 0.0522. The van der Waals surface area contributed by atoms with Gasteiger partial charge in [0.2, 0.25) is 0 Å². The zero-order chi connectivity index (χ0) is 52.7. The number of aryl methyl sites for hydroxylation is 6. The molecular formula is C71H53N5O2. The second-order valence-corrected chi connectivity index (χ2v) is 20.3. The molecule has 0 aliphatic rings. The molecule has 374 valence electrons. The Morgan fingerprint density at radius 3 is 1.26 bits per heavy atom. The molecule has 13 rings (SSSR count). The number of pyridine rings is 5. The van der Waals surface area contributed by atoms with E-state index >= 15 is 0 Å². The molecule has 0 unspecified atom stereocenters. The molecule has 5 aromatic heterocycles. The first kappa shape index (κ1) is 47.8. The normalized spacial score (nSPS) is 11.5. The molecule has 0 bridgehead atoms. The summed E-state index contributed by atoms with van der Waals surface area (Å²) in [5, 5.41) is 3.17. The predicted molar refractivity (Wildman–Crippen MR) is 321 cm³/mol. The Balaban J connectivity index is 0.886. The molecule has 0 saturated heterocycles. The Labute approximate surface area is 452 Å². The molecule has 5 heterocycles. The van der Waals surface area contributed by atoms with Gasteiger partial charge in [0.15, 0.2) is 0 Å². The van der Waals surface area contributed by atoms with Crippen LogP contribution in [0.15, 0.2) is 247 Å². The Hall–Kier alpha value is -9.85. The highest BCUT2D eigenvalue weighted by molar-refractivity contribution is 6.04. The third-order valence-corrected chi connectivity index (χ3v) is 15.5. The molecule has 0 aliphatic heterocycles. The van der Waals surface area contributed by atoms with Gasteiger partial charge < -0.3 is 9.13 Å². The number of para-hydroxylation sites is 2. The van der Waals surface area contributed by atoms with Crippen molar-refractivity contribution in [3.63, 3.8) is 0 Å². The van der Waals surface area contributed by atoms with Crippen molar-refractivity contribution in [1.82, 2.24) is 24.1 Å². The zero-order valence-electron chi connectivity index (χ0n) is 43.4. The molecule has 8 aromatic carbocycles. The second kappa shape index (κ2) is 20.4. The van der Waals surface area contributed by atoms with Gasteiger partial charge in [0.05, 0.1) is 38.5 Å². The van der Waals surface area contributed by atoms with E-state index in [1.807, 2.05) is 105 Å². The number of hydrogen-bond donors (Lipinski definition) is 0. The van der Waals surface area contributed by atoms with Crippen molar-refractivity contribution in [3.8, 4) is 66.9 Å². The predicted octanol–water partition coefficient (Wildman–Crippen LogP) is 15.5. The molecule has 0 spiro atoms. The van der Waals surface area contributed by atoms with E-state index in [-0.39, 0.29) is 11.1 Å². The van der Waals surface area contributed by atoms with Gasteiger partial charge in [0, 0.05) is 54.6 Å². The van der Waals surface area contributed by atoms with Crippen LogP contribution >= 0.6 is 0 Å². The first-order valence-corrected chi connectivity index (χ1v) is 26.6. The molecule has 0 saturated carbocycles. The van der Waals surface area contributed by atoms with Crippen LogP contribution in [0.5, 0.6) is 0 Å². The van der Waals surface area contributed by atoms with Gasteiger partial charge in [-0.15, -0.1) is 0 Å². The summed E-state index contributed by atoms with van der Waals surface area (Å²) < 4.78 is 3.44. The molecule has 0 aliphatic carbocycles. The van der Waals surface area contributed by atoms with E-state index in [9.17, 15) is 9.59 Å². The van der Waals surface area contributed by atoms with Crippen molar-refractivity contribution in [1.29, 1.82) is 0 Å². The number of benzene rings is 8. The Bertz CT molecular complexity index is 4380. The summed E-state index contributed by atoms with van der Waals surface area (Å²) in [5.41, 5.74) is 20.6. The first-order valence-electron chi connectivity index (χ1n) is 26.6. The Kier molecular flexibility index (Phi) is 12.5. The average molecular weight is 1010 g/mol. The number of aromatic nitrogens is 5. The number of nitrogens with zero attached hydrogens (tertiary/aromatic N) is 5. The van der Waals surface area contributed by atoms with Crippen molar-refractivity contribution in [3.05, 3.63) is 280 Å². The van der Waals surface area contributed by atoms with Crippen LogP contribution in [-0.4, -0.2) is 24.1 Å². The molecular weight excluding hydrogens is 955 g/mol. The summed E-state index contributed by atoms with van der Waals surface area (Å²) in [6.45, 7) is 0. The third kappa shape index (κ3) is 9.05. The van der Waals surface area contributed by atoms with Gasteiger partial charge in [0.1, 0.15) is 0 Å². The molecule has 13 aromatic rings. The Morgan fingerprint density at radius 2 is 0.731 bits per heavy atom. The molecule has 0 N–H and O–H groups in total. The SMILES string of the molecule is Cn1c(=O)c2cc(CCc3cc(CCc4cnc5c(c4)c(=O)n(C)c4ccccc54)cc(-c4ccccc4-c4cnc(-c5ccccc5)cc4-c4ccc(-c5ccc(-c6ccccc6)cc5)cc4)c3)cnc2c2ccccc21. The maximum Gasteiger partial charge on any atom is 0.260 e. The van der Waals surface area contributed by atoms with Crippen molar-refractivity contribution >= 4 is 43.6 Å². The number of fused-ring (bicyclic) bond motifs is 6.